The minimum absolute atomic E-state index is 1.27. The monoisotopic (exact) mass is 322 g/mol. The first-order valence-electron chi connectivity index (χ1n) is 8.37. The van der Waals surface area contributed by atoms with Gasteiger partial charge in [-0.25, -0.2) is 0 Å². The largest absolute Gasteiger partial charge is 0.140 e. The van der Waals surface area contributed by atoms with Crippen LogP contribution in [-0.2, 0) is 0 Å². The lowest BCUT2D eigenvalue weighted by Crippen LogP contribution is -2.65. The molecule has 1 aliphatic heterocycles. The van der Waals surface area contributed by atoms with Gasteiger partial charge in [0.15, 0.2) is 0 Å². The Hall–Kier alpha value is -1.39. The number of rotatable bonds is 3. The second-order valence-electron chi connectivity index (χ2n) is 7.40. The Kier molecular flexibility index (Phi) is 4.24. The maximum atomic E-state index is 2.63. The van der Waals surface area contributed by atoms with Crippen LogP contribution in [0.1, 0.15) is 12.8 Å². The molecule has 3 rings (SSSR count). The van der Waals surface area contributed by atoms with Crippen molar-refractivity contribution in [2.75, 3.05) is 0 Å². The summed E-state index contributed by atoms with van der Waals surface area (Å²) in [5.41, 5.74) is 0. The molecular weight excluding hydrogens is 296 g/mol. The molecule has 0 fully saturated rings. The van der Waals surface area contributed by atoms with Crippen LogP contribution in [0.15, 0.2) is 71.6 Å². The van der Waals surface area contributed by atoms with Crippen LogP contribution in [0.3, 0.4) is 0 Å². The molecule has 0 nitrogen and oxygen atoms in total. The van der Waals surface area contributed by atoms with Gasteiger partial charge in [0, 0.05) is 0 Å². The average molecular weight is 323 g/mol. The SMILES string of the molecule is C[Si](C)(C)C1=CCCC[Si]1(c1ccccc1)c1ccccc1. The highest BCUT2D eigenvalue weighted by Gasteiger charge is 2.46. The summed E-state index contributed by atoms with van der Waals surface area (Å²) in [6.45, 7) is 7.58. The summed E-state index contributed by atoms with van der Waals surface area (Å²) in [6.07, 6.45) is 5.24. The summed E-state index contributed by atoms with van der Waals surface area (Å²) < 4.78 is 0. The summed E-state index contributed by atoms with van der Waals surface area (Å²) in [5, 5.41) is 3.21. The molecule has 0 unspecified atom stereocenters. The molecule has 22 heavy (non-hydrogen) atoms. The highest BCUT2D eigenvalue weighted by Crippen LogP contribution is 2.34. The molecule has 2 aromatic rings. The predicted octanol–water partition coefficient (Wildman–Crippen LogP) is 4.39. The first-order chi connectivity index (χ1) is 10.5. The van der Waals surface area contributed by atoms with Crippen molar-refractivity contribution in [3.63, 3.8) is 0 Å². The molecule has 2 aromatic carbocycles. The second-order valence-corrected chi connectivity index (χ2v) is 16.9. The van der Waals surface area contributed by atoms with Crippen molar-refractivity contribution in [2.24, 2.45) is 0 Å². The Morgan fingerprint density at radius 1 is 0.773 bits per heavy atom. The van der Waals surface area contributed by atoms with E-state index in [-0.39, 0.29) is 0 Å². The second kappa shape index (κ2) is 6.01. The number of hydrogen-bond donors (Lipinski definition) is 0. The van der Waals surface area contributed by atoms with Crippen LogP contribution in [0.4, 0.5) is 0 Å². The summed E-state index contributed by atoms with van der Waals surface area (Å²) in [5.74, 6) is 0. The van der Waals surface area contributed by atoms with Crippen molar-refractivity contribution >= 4 is 26.5 Å². The first kappa shape index (κ1) is 15.5. The van der Waals surface area contributed by atoms with E-state index in [9.17, 15) is 0 Å². The zero-order chi connectivity index (χ0) is 15.6. The number of hydrogen-bond acceptors (Lipinski definition) is 0. The zero-order valence-corrected chi connectivity index (χ0v) is 16.0. The normalized spacial score (nSPS) is 17.9. The van der Waals surface area contributed by atoms with Gasteiger partial charge in [0.05, 0.1) is 8.07 Å². The van der Waals surface area contributed by atoms with Gasteiger partial charge in [0.1, 0.15) is 8.07 Å². The highest BCUT2D eigenvalue weighted by atomic mass is 28.4. The topological polar surface area (TPSA) is 0 Å². The van der Waals surface area contributed by atoms with Crippen LogP contribution in [0.5, 0.6) is 0 Å². The van der Waals surface area contributed by atoms with Crippen molar-refractivity contribution in [1.82, 2.24) is 0 Å². The molecule has 0 aliphatic carbocycles. The van der Waals surface area contributed by atoms with E-state index >= 15 is 0 Å². The van der Waals surface area contributed by atoms with E-state index in [2.05, 4.69) is 86.4 Å². The van der Waals surface area contributed by atoms with Gasteiger partial charge in [-0.3, -0.25) is 0 Å². The van der Waals surface area contributed by atoms with Gasteiger partial charge in [-0.05, 0) is 12.5 Å². The zero-order valence-electron chi connectivity index (χ0n) is 14.0. The Morgan fingerprint density at radius 3 is 1.73 bits per heavy atom. The van der Waals surface area contributed by atoms with Crippen LogP contribution in [0, 0.1) is 0 Å². The van der Waals surface area contributed by atoms with E-state index in [1.807, 2.05) is 4.82 Å². The maximum Gasteiger partial charge on any atom is 0.140 e. The summed E-state index contributed by atoms with van der Waals surface area (Å²) >= 11 is 0. The van der Waals surface area contributed by atoms with Gasteiger partial charge >= 0.3 is 0 Å². The minimum Gasteiger partial charge on any atom is -0.0923 e. The van der Waals surface area contributed by atoms with E-state index in [1.165, 1.54) is 18.9 Å². The molecule has 114 valence electrons. The van der Waals surface area contributed by atoms with Gasteiger partial charge in [-0.1, -0.05) is 108 Å². The highest BCUT2D eigenvalue weighted by molar-refractivity contribution is 7.18. The quantitative estimate of drug-likeness (QED) is 0.735. The minimum atomic E-state index is -1.78. The lowest BCUT2D eigenvalue weighted by Gasteiger charge is -2.43. The molecule has 0 bridgehead atoms. The number of benzene rings is 2. The van der Waals surface area contributed by atoms with Crippen LogP contribution in [0.2, 0.25) is 25.7 Å². The van der Waals surface area contributed by atoms with E-state index in [0.717, 1.165) is 0 Å². The standard InChI is InChI=1S/C20H26Si2/c1-21(2,3)20-16-10-11-17-22(20,18-12-6-4-7-13-18)19-14-8-5-9-15-19/h4-9,12-16H,10-11,17H2,1-3H3. The van der Waals surface area contributed by atoms with Gasteiger partial charge in [-0.15, -0.1) is 0 Å². The average Bonchev–Trinajstić information content (AvgIpc) is 2.55. The molecular formula is C20H26Si2. The third-order valence-corrected chi connectivity index (χ3v) is 15.1. The van der Waals surface area contributed by atoms with Crippen LogP contribution < -0.4 is 10.4 Å². The number of allylic oxidation sites excluding steroid dienone is 1. The van der Waals surface area contributed by atoms with E-state index in [4.69, 9.17) is 0 Å². The molecule has 1 heterocycles. The van der Waals surface area contributed by atoms with E-state index < -0.39 is 16.1 Å². The van der Waals surface area contributed by atoms with Gasteiger partial charge in [0.2, 0.25) is 0 Å². The van der Waals surface area contributed by atoms with Crippen molar-refractivity contribution in [3.05, 3.63) is 71.6 Å². The summed E-state index contributed by atoms with van der Waals surface area (Å²) in [7, 11) is -3.11. The van der Waals surface area contributed by atoms with Crippen LogP contribution in [-0.4, -0.2) is 16.1 Å². The molecule has 0 spiro atoms. The van der Waals surface area contributed by atoms with Crippen molar-refractivity contribution in [2.45, 2.75) is 38.5 Å². The van der Waals surface area contributed by atoms with Crippen LogP contribution >= 0.6 is 0 Å². The smallest absolute Gasteiger partial charge is 0.0923 e. The fourth-order valence-corrected chi connectivity index (χ4v) is 15.8. The molecule has 2 heteroatoms. The van der Waals surface area contributed by atoms with E-state index in [1.54, 1.807) is 10.4 Å². The van der Waals surface area contributed by atoms with E-state index in [0.29, 0.717) is 0 Å². The molecule has 1 aliphatic rings. The predicted molar refractivity (Wildman–Crippen MR) is 103 cm³/mol. The molecule has 0 atom stereocenters. The lowest BCUT2D eigenvalue weighted by atomic mass is 10.3. The molecule has 0 saturated heterocycles. The van der Waals surface area contributed by atoms with Crippen LogP contribution in [0.25, 0.3) is 0 Å². The lowest BCUT2D eigenvalue weighted by molar-refractivity contribution is 0.922. The third kappa shape index (κ3) is 2.66. The van der Waals surface area contributed by atoms with Gasteiger partial charge in [-0.2, -0.15) is 0 Å². The Morgan fingerprint density at radius 2 is 1.27 bits per heavy atom. The van der Waals surface area contributed by atoms with Gasteiger partial charge in [0.25, 0.3) is 0 Å². The summed E-state index contributed by atoms with van der Waals surface area (Å²) in [4.78, 5) is 1.85. The fraction of sp³-hybridized carbons (Fsp3) is 0.300. The summed E-state index contributed by atoms with van der Waals surface area (Å²) in [6, 6.07) is 24.1. The fourth-order valence-electron chi connectivity index (χ4n) is 4.08. The maximum absolute atomic E-state index is 2.63. The first-order valence-corrected chi connectivity index (χ1v) is 14.1. The molecule has 0 aromatic heterocycles. The van der Waals surface area contributed by atoms with Crippen molar-refractivity contribution in [3.8, 4) is 0 Å². The Bertz CT molecular complexity index is 612. The molecule has 0 N–H and O–H groups in total. The van der Waals surface area contributed by atoms with Crippen molar-refractivity contribution in [1.29, 1.82) is 0 Å². The molecule has 0 radical (unpaired) electrons. The molecule has 0 saturated carbocycles. The van der Waals surface area contributed by atoms with Gasteiger partial charge < -0.3 is 0 Å². The van der Waals surface area contributed by atoms with Crippen molar-refractivity contribution < 1.29 is 0 Å². The Labute approximate surface area is 136 Å². The Balaban J connectivity index is 2.28. The third-order valence-electron chi connectivity index (χ3n) is 4.91. The molecule has 0 amide bonds.